The number of unbranched alkanes of at least 4 members (excludes halogenated alkanes) is 7. The SMILES string of the molecule is CCCCCCCCCCn1cccc1CC. The summed E-state index contributed by atoms with van der Waals surface area (Å²) in [5.74, 6) is 0. The van der Waals surface area contributed by atoms with Gasteiger partial charge in [-0.3, -0.25) is 0 Å². The average Bonchev–Trinajstić information content (AvgIpc) is 2.80. The Labute approximate surface area is 107 Å². The Morgan fingerprint density at radius 1 is 0.882 bits per heavy atom. The molecule has 0 atom stereocenters. The smallest absolute Gasteiger partial charge is 0.0222 e. The molecule has 98 valence electrons. The molecular weight excluding hydrogens is 206 g/mol. The summed E-state index contributed by atoms with van der Waals surface area (Å²) in [6, 6.07) is 4.41. The first kappa shape index (κ1) is 14.3. The van der Waals surface area contributed by atoms with Gasteiger partial charge in [-0.25, -0.2) is 0 Å². The molecule has 0 aromatic carbocycles. The van der Waals surface area contributed by atoms with E-state index in [1.807, 2.05) is 0 Å². The molecule has 1 heterocycles. The highest BCUT2D eigenvalue weighted by atomic mass is 15.0. The van der Waals surface area contributed by atoms with Gasteiger partial charge in [-0.2, -0.15) is 0 Å². The Balaban J connectivity index is 1.97. The molecule has 0 fully saturated rings. The van der Waals surface area contributed by atoms with Crippen molar-refractivity contribution in [1.29, 1.82) is 0 Å². The van der Waals surface area contributed by atoms with Crippen molar-refractivity contribution in [1.82, 2.24) is 4.57 Å². The summed E-state index contributed by atoms with van der Waals surface area (Å²) in [5, 5.41) is 0. The summed E-state index contributed by atoms with van der Waals surface area (Å²) in [6.45, 7) is 5.73. The van der Waals surface area contributed by atoms with Crippen LogP contribution in [0.2, 0.25) is 0 Å². The lowest BCUT2D eigenvalue weighted by Crippen LogP contribution is -2.00. The fourth-order valence-corrected chi connectivity index (χ4v) is 2.40. The van der Waals surface area contributed by atoms with E-state index in [1.165, 1.54) is 63.6 Å². The number of hydrogen-bond donors (Lipinski definition) is 0. The second-order valence-corrected chi connectivity index (χ2v) is 5.02. The second kappa shape index (κ2) is 9.32. The third-order valence-corrected chi connectivity index (χ3v) is 3.54. The van der Waals surface area contributed by atoms with E-state index < -0.39 is 0 Å². The van der Waals surface area contributed by atoms with E-state index in [1.54, 1.807) is 0 Å². The summed E-state index contributed by atoms with van der Waals surface area (Å²) in [6.07, 6.45) is 14.6. The highest BCUT2D eigenvalue weighted by molar-refractivity contribution is 5.06. The Kier molecular flexibility index (Phi) is 7.87. The maximum absolute atomic E-state index is 2.41. The second-order valence-electron chi connectivity index (χ2n) is 5.02. The van der Waals surface area contributed by atoms with Gasteiger partial charge >= 0.3 is 0 Å². The lowest BCUT2D eigenvalue weighted by molar-refractivity contribution is 0.538. The Morgan fingerprint density at radius 2 is 1.53 bits per heavy atom. The zero-order valence-corrected chi connectivity index (χ0v) is 11.8. The molecule has 1 aromatic rings. The molecule has 0 saturated carbocycles. The Morgan fingerprint density at radius 3 is 2.18 bits per heavy atom. The molecule has 1 rings (SSSR count). The van der Waals surface area contributed by atoms with Crippen LogP contribution in [0.15, 0.2) is 18.3 Å². The molecule has 1 nitrogen and oxygen atoms in total. The van der Waals surface area contributed by atoms with E-state index in [-0.39, 0.29) is 0 Å². The van der Waals surface area contributed by atoms with Crippen LogP contribution in [0.5, 0.6) is 0 Å². The lowest BCUT2D eigenvalue weighted by atomic mass is 10.1. The number of nitrogens with zero attached hydrogens (tertiary/aromatic N) is 1. The summed E-state index contributed by atoms with van der Waals surface area (Å²) in [5.41, 5.74) is 1.48. The van der Waals surface area contributed by atoms with Gasteiger partial charge in [-0.15, -0.1) is 0 Å². The predicted molar refractivity (Wildman–Crippen MR) is 76.4 cm³/mol. The van der Waals surface area contributed by atoms with Gasteiger partial charge in [0, 0.05) is 18.4 Å². The molecule has 0 bridgehead atoms. The summed E-state index contributed by atoms with van der Waals surface area (Å²) < 4.78 is 2.41. The minimum Gasteiger partial charge on any atom is -0.351 e. The molecule has 0 unspecified atom stereocenters. The number of rotatable bonds is 10. The summed E-state index contributed by atoms with van der Waals surface area (Å²) >= 11 is 0. The standard InChI is InChI=1S/C16H29N/c1-3-5-6-7-8-9-10-11-14-17-15-12-13-16(17)4-2/h12-13,15H,3-11,14H2,1-2H3. The van der Waals surface area contributed by atoms with E-state index >= 15 is 0 Å². The van der Waals surface area contributed by atoms with Gasteiger partial charge in [-0.05, 0) is 25.0 Å². The van der Waals surface area contributed by atoms with Crippen LogP contribution < -0.4 is 0 Å². The first-order valence-corrected chi connectivity index (χ1v) is 7.52. The van der Waals surface area contributed by atoms with Gasteiger partial charge in [0.2, 0.25) is 0 Å². The van der Waals surface area contributed by atoms with Crippen LogP contribution in [-0.2, 0) is 13.0 Å². The zero-order valence-electron chi connectivity index (χ0n) is 11.8. The van der Waals surface area contributed by atoms with Crippen LogP contribution in [-0.4, -0.2) is 4.57 Å². The van der Waals surface area contributed by atoms with Gasteiger partial charge in [-0.1, -0.05) is 58.8 Å². The molecule has 0 spiro atoms. The van der Waals surface area contributed by atoms with Gasteiger partial charge < -0.3 is 4.57 Å². The van der Waals surface area contributed by atoms with Gasteiger partial charge in [0.25, 0.3) is 0 Å². The van der Waals surface area contributed by atoms with E-state index in [4.69, 9.17) is 0 Å². The molecule has 0 saturated heterocycles. The molecule has 0 amide bonds. The molecule has 1 aromatic heterocycles. The highest BCUT2D eigenvalue weighted by Crippen LogP contribution is 2.10. The van der Waals surface area contributed by atoms with Crippen molar-refractivity contribution in [2.75, 3.05) is 0 Å². The van der Waals surface area contributed by atoms with Gasteiger partial charge in [0.15, 0.2) is 0 Å². The van der Waals surface area contributed by atoms with Crippen LogP contribution in [0.3, 0.4) is 0 Å². The van der Waals surface area contributed by atoms with Gasteiger partial charge in [0.05, 0.1) is 0 Å². The summed E-state index contributed by atoms with van der Waals surface area (Å²) in [7, 11) is 0. The molecule has 0 aliphatic heterocycles. The van der Waals surface area contributed by atoms with Gasteiger partial charge in [0.1, 0.15) is 0 Å². The molecule has 0 radical (unpaired) electrons. The van der Waals surface area contributed by atoms with Crippen molar-refractivity contribution in [2.24, 2.45) is 0 Å². The molecule has 0 aliphatic rings. The zero-order chi connectivity index (χ0) is 12.3. The third-order valence-electron chi connectivity index (χ3n) is 3.54. The lowest BCUT2D eigenvalue weighted by Gasteiger charge is -2.07. The fraction of sp³-hybridized carbons (Fsp3) is 0.750. The first-order chi connectivity index (χ1) is 8.38. The average molecular weight is 235 g/mol. The van der Waals surface area contributed by atoms with Crippen molar-refractivity contribution < 1.29 is 0 Å². The quantitative estimate of drug-likeness (QED) is 0.492. The van der Waals surface area contributed by atoms with E-state index in [2.05, 4.69) is 36.7 Å². The number of hydrogen-bond acceptors (Lipinski definition) is 0. The minimum atomic E-state index is 1.16. The number of aromatic nitrogens is 1. The third kappa shape index (κ3) is 5.95. The van der Waals surface area contributed by atoms with Crippen LogP contribution in [0.25, 0.3) is 0 Å². The maximum atomic E-state index is 2.41. The van der Waals surface area contributed by atoms with E-state index in [0.29, 0.717) is 0 Å². The van der Waals surface area contributed by atoms with Crippen molar-refractivity contribution >= 4 is 0 Å². The normalized spacial score (nSPS) is 10.9. The van der Waals surface area contributed by atoms with Crippen LogP contribution >= 0.6 is 0 Å². The molecule has 17 heavy (non-hydrogen) atoms. The van der Waals surface area contributed by atoms with Crippen molar-refractivity contribution in [3.05, 3.63) is 24.0 Å². The highest BCUT2D eigenvalue weighted by Gasteiger charge is 1.97. The van der Waals surface area contributed by atoms with E-state index in [9.17, 15) is 0 Å². The van der Waals surface area contributed by atoms with Crippen molar-refractivity contribution in [3.63, 3.8) is 0 Å². The molecule has 1 heteroatoms. The largest absolute Gasteiger partial charge is 0.351 e. The van der Waals surface area contributed by atoms with Crippen LogP contribution in [0.1, 0.15) is 70.9 Å². The Hall–Kier alpha value is -0.720. The maximum Gasteiger partial charge on any atom is 0.0222 e. The molecule has 0 N–H and O–H groups in total. The van der Waals surface area contributed by atoms with Crippen molar-refractivity contribution in [2.45, 2.75) is 78.2 Å². The molecule has 0 aliphatic carbocycles. The predicted octanol–water partition coefficient (Wildman–Crippen LogP) is 5.19. The summed E-state index contributed by atoms with van der Waals surface area (Å²) in [4.78, 5) is 0. The van der Waals surface area contributed by atoms with Crippen LogP contribution in [0.4, 0.5) is 0 Å². The monoisotopic (exact) mass is 235 g/mol. The molecular formula is C16H29N. The van der Waals surface area contributed by atoms with E-state index in [0.717, 1.165) is 6.42 Å². The minimum absolute atomic E-state index is 1.16. The van der Waals surface area contributed by atoms with Crippen molar-refractivity contribution in [3.8, 4) is 0 Å². The first-order valence-electron chi connectivity index (χ1n) is 7.52. The number of aryl methyl sites for hydroxylation is 2. The topological polar surface area (TPSA) is 4.93 Å². The Bertz CT molecular complexity index is 275. The van der Waals surface area contributed by atoms with Crippen LogP contribution in [0, 0.1) is 0 Å². The fourth-order valence-electron chi connectivity index (χ4n) is 2.40.